The van der Waals surface area contributed by atoms with Gasteiger partial charge in [-0.15, -0.1) is 0 Å². The molecule has 15 heteroatoms. The quantitative estimate of drug-likeness (QED) is 0.0342. The number of benzene rings is 6. The molecule has 0 spiro atoms. The Morgan fingerprint density at radius 1 is 0.468 bits per heavy atom. The van der Waals surface area contributed by atoms with Crippen LogP contribution in [0.15, 0.2) is 109 Å². The second-order valence-corrected chi connectivity index (χ2v) is 9.44. The van der Waals surface area contributed by atoms with E-state index < -0.39 is 9.85 Å². The summed E-state index contributed by atoms with van der Waals surface area (Å²) in [6.45, 7) is 0. The Kier molecular flexibility index (Phi) is 13.0. The number of non-ortho nitro benzene ring substituents is 2. The fraction of sp³-hybridized carbons (Fsp3) is 0. The summed E-state index contributed by atoms with van der Waals surface area (Å²) in [5.74, 6) is -0.235. The van der Waals surface area contributed by atoms with Crippen molar-refractivity contribution in [1.82, 2.24) is 0 Å². The summed E-state index contributed by atoms with van der Waals surface area (Å²) >= 11 is 0. The molecule has 0 atom stereocenters. The first kappa shape index (κ1) is 36.7. The van der Waals surface area contributed by atoms with Crippen LogP contribution in [0.4, 0.5) is 34.1 Å². The van der Waals surface area contributed by atoms with Crippen molar-refractivity contribution in [3.8, 4) is 23.0 Å². The van der Waals surface area contributed by atoms with Gasteiger partial charge < -0.3 is 43.4 Å². The van der Waals surface area contributed by atoms with Crippen LogP contribution in [0, 0.1) is 20.2 Å². The molecule has 0 heterocycles. The van der Waals surface area contributed by atoms with Crippen molar-refractivity contribution in [2.45, 2.75) is 0 Å². The maximum Gasteiger partial charge on any atom is 0.273 e. The Labute approximate surface area is 277 Å². The average molecular weight is 682 g/mol. The number of nitrogens with zero attached hydrogens (tertiary/aromatic N) is 2. The van der Waals surface area contributed by atoms with Crippen molar-refractivity contribution in [3.05, 3.63) is 129 Å². The van der Waals surface area contributed by atoms with Crippen molar-refractivity contribution in [1.29, 1.82) is 0 Å². The molecule has 0 aliphatic carbocycles. The zero-order valence-electron chi connectivity index (χ0n) is 24.4. The monoisotopic (exact) mass is 682 g/mol. The molecule has 47 heavy (non-hydrogen) atoms. The van der Waals surface area contributed by atoms with Crippen molar-refractivity contribution in [2.24, 2.45) is 0 Å². The molecule has 14 nitrogen and oxygen atoms in total. The third kappa shape index (κ3) is 9.77. The van der Waals surface area contributed by atoms with Gasteiger partial charge in [0.05, 0.1) is 44.7 Å². The van der Waals surface area contributed by atoms with Gasteiger partial charge in [0.25, 0.3) is 11.4 Å². The third-order valence-electron chi connectivity index (χ3n) is 6.35. The molecule has 0 unspecified atom stereocenters. The summed E-state index contributed by atoms with van der Waals surface area (Å²) in [4.78, 5) is 19.0. The van der Waals surface area contributed by atoms with Gasteiger partial charge >= 0.3 is 0 Å². The van der Waals surface area contributed by atoms with Crippen LogP contribution in [0.5, 0.6) is 23.0 Å². The summed E-state index contributed by atoms with van der Waals surface area (Å²) in [7, 11) is 0. The predicted molar refractivity (Wildman–Crippen MR) is 178 cm³/mol. The number of nitro benzene ring substituents is 2. The van der Waals surface area contributed by atoms with Crippen LogP contribution in [0.25, 0.3) is 21.5 Å². The van der Waals surface area contributed by atoms with Gasteiger partial charge in [0.15, 0.2) is 0 Å². The Balaban J connectivity index is 0.000000217. The number of rotatable bonds is 2. The predicted octanol–water partition coefficient (Wildman–Crippen LogP) is 6.02. The molecule has 0 saturated carbocycles. The largest absolute Gasteiger partial charge is 0.506 e. The maximum atomic E-state index is 10.1. The van der Waals surface area contributed by atoms with E-state index in [-0.39, 0.29) is 62.8 Å². The van der Waals surface area contributed by atoms with Gasteiger partial charge in [-0.05, 0) is 35.0 Å². The van der Waals surface area contributed by atoms with E-state index in [0.717, 1.165) is 33.7 Å². The molecule has 0 radical (unpaired) electrons. The van der Waals surface area contributed by atoms with Crippen LogP contribution in [0.2, 0.25) is 0 Å². The van der Waals surface area contributed by atoms with E-state index in [1.165, 1.54) is 24.3 Å². The van der Waals surface area contributed by atoms with Crippen LogP contribution in [0.1, 0.15) is 0 Å². The van der Waals surface area contributed by atoms with Gasteiger partial charge in [-0.2, -0.15) is 0 Å². The molecule has 0 aliphatic rings. The number of phenolic OH excluding ortho intramolecular Hbond substituents is 4. The number of aromatic hydroxyl groups is 4. The van der Waals surface area contributed by atoms with Gasteiger partial charge in [0.2, 0.25) is 0 Å². The Morgan fingerprint density at radius 2 is 0.809 bits per heavy atom. The topological polar surface area (TPSA) is 271 Å². The first-order chi connectivity index (χ1) is 21.8. The van der Waals surface area contributed by atoms with Gasteiger partial charge in [-0.25, -0.2) is 0 Å². The van der Waals surface area contributed by atoms with E-state index in [0.29, 0.717) is 11.4 Å². The minimum Gasteiger partial charge on any atom is -0.506 e. The number of hydrogen-bond acceptors (Lipinski definition) is 12. The van der Waals surface area contributed by atoms with Crippen LogP contribution in [0.3, 0.4) is 0 Å². The van der Waals surface area contributed by atoms with Gasteiger partial charge in [0, 0.05) is 40.0 Å². The molecule has 0 aromatic heterocycles. The van der Waals surface area contributed by atoms with Crippen LogP contribution < -0.4 is 22.9 Å². The van der Waals surface area contributed by atoms with E-state index in [1.807, 2.05) is 60.7 Å². The van der Waals surface area contributed by atoms with E-state index >= 15 is 0 Å². The first-order valence-electron chi connectivity index (χ1n) is 13.2. The molecular formula is C32H30FeN6O8. The van der Waals surface area contributed by atoms with Crippen LogP contribution >= 0.6 is 0 Å². The minimum atomic E-state index is -0.598. The maximum absolute atomic E-state index is 10.1. The Hall–Kier alpha value is -6.44. The number of anilines is 4. The fourth-order valence-electron chi connectivity index (χ4n) is 3.86. The molecule has 0 bridgehead atoms. The van der Waals surface area contributed by atoms with E-state index in [2.05, 4.69) is 0 Å². The molecule has 244 valence electrons. The number of nitrogen functional groups attached to an aromatic ring is 4. The summed E-state index contributed by atoms with van der Waals surface area (Å²) in [5, 5.41) is 60.6. The van der Waals surface area contributed by atoms with Gasteiger partial charge in [-0.1, -0.05) is 60.7 Å². The molecule has 6 aromatic rings. The Bertz CT molecular complexity index is 1880. The number of hydrogen-bond donors (Lipinski definition) is 8. The third-order valence-corrected chi connectivity index (χ3v) is 6.35. The van der Waals surface area contributed by atoms with Crippen LogP contribution in [-0.4, -0.2) is 30.3 Å². The second-order valence-electron chi connectivity index (χ2n) is 9.44. The van der Waals surface area contributed by atoms with Crippen molar-refractivity contribution >= 4 is 55.7 Å². The molecule has 12 N–H and O–H groups in total. The van der Waals surface area contributed by atoms with Crippen LogP contribution in [-0.2, 0) is 17.1 Å². The van der Waals surface area contributed by atoms with E-state index in [1.54, 1.807) is 12.1 Å². The van der Waals surface area contributed by atoms with Gasteiger partial charge in [-0.3, -0.25) is 20.2 Å². The second kappa shape index (κ2) is 16.6. The zero-order chi connectivity index (χ0) is 34.0. The smallest absolute Gasteiger partial charge is 0.273 e. The molecule has 0 aliphatic heterocycles. The van der Waals surface area contributed by atoms with Crippen molar-refractivity contribution in [3.63, 3.8) is 0 Å². The van der Waals surface area contributed by atoms with Crippen molar-refractivity contribution < 1.29 is 47.3 Å². The first-order valence-corrected chi connectivity index (χ1v) is 13.2. The normalized spacial score (nSPS) is 9.70. The SMILES string of the molecule is Nc1c(O)ccc2ccccc12.Nc1c(O)ccc2ccccc12.Nc1ccc([N+](=O)[O-])cc1O.Nc1ccc([N+](=O)[O-])cc1O.[Fe]. The molecule has 6 aromatic carbocycles. The summed E-state index contributed by atoms with van der Waals surface area (Å²) < 4.78 is 0. The number of nitro groups is 2. The number of phenols is 4. The standard InChI is InChI=1S/2C10H9NO.2C6H6N2O3.Fe/c2*11-10-8-4-2-1-3-7(8)5-6-9(10)12;2*7-5-2-1-4(8(10)11)3-6(5)9;/h2*1-6,12H,11H2;2*1-3,9H,7H2;. The minimum absolute atomic E-state index is 0. The summed E-state index contributed by atoms with van der Waals surface area (Å²) in [6.07, 6.45) is 0. The van der Waals surface area contributed by atoms with Crippen molar-refractivity contribution in [2.75, 3.05) is 22.9 Å². The summed E-state index contributed by atoms with van der Waals surface area (Å²) in [5.41, 5.74) is 22.6. The zero-order valence-corrected chi connectivity index (χ0v) is 25.5. The summed E-state index contributed by atoms with van der Waals surface area (Å²) in [6, 6.07) is 29.4. The van der Waals surface area contributed by atoms with E-state index in [9.17, 15) is 30.4 Å². The molecule has 0 fully saturated rings. The average Bonchev–Trinajstić information content (AvgIpc) is 3.04. The number of fused-ring (bicyclic) bond motifs is 2. The molecule has 6 rings (SSSR count). The molecular weight excluding hydrogens is 652 g/mol. The Morgan fingerprint density at radius 3 is 1.13 bits per heavy atom. The number of nitrogens with two attached hydrogens (primary N) is 4. The fourth-order valence-corrected chi connectivity index (χ4v) is 3.86. The molecule has 0 amide bonds. The molecule has 0 saturated heterocycles. The van der Waals surface area contributed by atoms with E-state index in [4.69, 9.17) is 33.1 Å². The van der Waals surface area contributed by atoms with Gasteiger partial charge in [0.1, 0.15) is 23.0 Å².